The largest absolute Gasteiger partial charge is 0.492 e. The summed E-state index contributed by atoms with van der Waals surface area (Å²) in [5.41, 5.74) is 1.67. The minimum absolute atomic E-state index is 0.0519. The van der Waals surface area contributed by atoms with E-state index >= 15 is 0 Å². The van der Waals surface area contributed by atoms with E-state index in [0.717, 1.165) is 9.71 Å². The van der Waals surface area contributed by atoms with Crippen LogP contribution in [0.3, 0.4) is 0 Å². The number of nitrogens with zero attached hydrogens (tertiary/aromatic N) is 3. The first-order valence-electron chi connectivity index (χ1n) is 8.50. The fourth-order valence-corrected chi connectivity index (χ4v) is 4.51. The third kappa shape index (κ3) is 2.57. The van der Waals surface area contributed by atoms with Crippen molar-refractivity contribution < 1.29 is 22.7 Å². The molecule has 0 N–H and O–H groups in total. The second-order valence-electron chi connectivity index (χ2n) is 6.51. The molecule has 28 heavy (non-hydrogen) atoms. The second kappa shape index (κ2) is 6.03. The third-order valence-electron chi connectivity index (χ3n) is 4.82. The molecule has 3 heterocycles. The number of alkyl halides is 3. The molecule has 0 unspecified atom stereocenters. The number of hydrogen-bond donors (Lipinski definition) is 0. The Bertz CT molecular complexity index is 1090. The van der Waals surface area contributed by atoms with Gasteiger partial charge in [-0.15, -0.1) is 0 Å². The maximum absolute atomic E-state index is 13.4. The van der Waals surface area contributed by atoms with E-state index in [0.29, 0.717) is 22.5 Å². The van der Waals surface area contributed by atoms with Gasteiger partial charge in [0.25, 0.3) is 5.78 Å². The fourth-order valence-electron chi connectivity index (χ4n) is 3.56. The standard InChI is InChI=1S/C19H12F3N3O2S/c20-19(21,22)17(26)16-11-9-27-13-7-3-1-5-10(13)15(11)24-25(16)18-23-12-6-2-4-8-14(12)28-18/h1-8,11,16H,9H2/t11-,16-/m0/s1. The predicted molar refractivity (Wildman–Crippen MR) is 98.9 cm³/mol. The molecular weight excluding hydrogens is 391 g/mol. The Hall–Kier alpha value is -2.94. The van der Waals surface area contributed by atoms with Crippen LogP contribution >= 0.6 is 11.3 Å². The lowest BCUT2D eigenvalue weighted by atomic mass is 9.87. The van der Waals surface area contributed by atoms with Crippen LogP contribution < -0.4 is 9.75 Å². The first-order valence-corrected chi connectivity index (χ1v) is 9.31. The molecule has 0 spiro atoms. The number of carbonyl (C=O) groups is 1. The van der Waals surface area contributed by atoms with Crippen molar-refractivity contribution in [3.63, 3.8) is 0 Å². The molecule has 0 saturated carbocycles. The zero-order chi connectivity index (χ0) is 19.5. The highest BCUT2D eigenvalue weighted by Crippen LogP contribution is 2.41. The predicted octanol–water partition coefficient (Wildman–Crippen LogP) is 4.03. The summed E-state index contributed by atoms with van der Waals surface area (Å²) < 4.78 is 46.5. The van der Waals surface area contributed by atoms with E-state index in [1.807, 2.05) is 12.1 Å². The van der Waals surface area contributed by atoms with Gasteiger partial charge in [0.15, 0.2) is 0 Å². The summed E-state index contributed by atoms with van der Waals surface area (Å²) in [5, 5.41) is 5.80. The molecule has 0 radical (unpaired) electrons. The van der Waals surface area contributed by atoms with E-state index < -0.39 is 23.9 Å². The molecule has 2 aliphatic rings. The molecule has 9 heteroatoms. The summed E-state index contributed by atoms with van der Waals surface area (Å²) in [5.74, 6) is -2.13. The average molecular weight is 403 g/mol. The van der Waals surface area contributed by atoms with Crippen molar-refractivity contribution in [2.45, 2.75) is 12.2 Å². The molecule has 0 aliphatic carbocycles. The number of para-hydroxylation sites is 2. The SMILES string of the molecule is O=C([C@@H]1[C@H]2COc3ccccc3C2=NN1c1nc2ccccc2s1)C(F)(F)F. The molecule has 5 rings (SSSR count). The summed E-state index contributed by atoms with van der Waals surface area (Å²) in [6.45, 7) is -0.0519. The normalized spacial score (nSPS) is 21.1. The number of benzene rings is 2. The van der Waals surface area contributed by atoms with Gasteiger partial charge in [-0.1, -0.05) is 35.6 Å². The van der Waals surface area contributed by atoms with Crippen molar-refractivity contribution in [3.05, 3.63) is 54.1 Å². The molecule has 0 saturated heterocycles. The van der Waals surface area contributed by atoms with Crippen LogP contribution in [0.25, 0.3) is 10.2 Å². The quantitative estimate of drug-likeness (QED) is 0.648. The molecule has 0 fully saturated rings. The van der Waals surface area contributed by atoms with E-state index in [-0.39, 0.29) is 11.7 Å². The zero-order valence-electron chi connectivity index (χ0n) is 14.2. The van der Waals surface area contributed by atoms with Crippen LogP contribution in [-0.2, 0) is 4.79 Å². The van der Waals surface area contributed by atoms with Crippen LogP contribution in [0.4, 0.5) is 18.3 Å². The monoisotopic (exact) mass is 403 g/mol. The van der Waals surface area contributed by atoms with Crippen LogP contribution in [0.2, 0.25) is 0 Å². The molecule has 2 aliphatic heterocycles. The molecule has 1 aromatic heterocycles. The van der Waals surface area contributed by atoms with Crippen LogP contribution in [0.5, 0.6) is 5.75 Å². The van der Waals surface area contributed by atoms with Gasteiger partial charge in [0.2, 0.25) is 5.13 Å². The Morgan fingerprint density at radius 1 is 1.14 bits per heavy atom. The van der Waals surface area contributed by atoms with Crippen molar-refractivity contribution >= 4 is 38.2 Å². The van der Waals surface area contributed by atoms with Crippen molar-refractivity contribution in [3.8, 4) is 5.75 Å². The topological polar surface area (TPSA) is 54.8 Å². The highest BCUT2D eigenvalue weighted by Gasteiger charge is 2.55. The maximum Gasteiger partial charge on any atom is 0.452 e. The number of hydrazone groups is 1. The lowest BCUT2D eigenvalue weighted by molar-refractivity contribution is -0.173. The first kappa shape index (κ1) is 17.2. The smallest absolute Gasteiger partial charge is 0.452 e. The molecular formula is C19H12F3N3O2S. The number of rotatable bonds is 2. The summed E-state index contributed by atoms with van der Waals surface area (Å²) in [7, 11) is 0. The second-order valence-corrected chi connectivity index (χ2v) is 7.52. The molecule has 2 aromatic carbocycles. The van der Waals surface area contributed by atoms with E-state index in [4.69, 9.17) is 4.74 Å². The van der Waals surface area contributed by atoms with Crippen molar-refractivity contribution in [1.82, 2.24) is 4.98 Å². The number of fused-ring (bicyclic) bond motifs is 4. The number of hydrogen-bond acceptors (Lipinski definition) is 6. The van der Waals surface area contributed by atoms with Gasteiger partial charge in [0.1, 0.15) is 11.8 Å². The Morgan fingerprint density at radius 3 is 2.68 bits per heavy atom. The summed E-state index contributed by atoms with van der Waals surface area (Å²) in [6, 6.07) is 12.7. The third-order valence-corrected chi connectivity index (χ3v) is 5.85. The molecule has 142 valence electrons. The van der Waals surface area contributed by atoms with Gasteiger partial charge >= 0.3 is 6.18 Å². The van der Waals surface area contributed by atoms with Gasteiger partial charge in [-0.3, -0.25) is 4.79 Å². The molecule has 3 aromatic rings. The Balaban J connectivity index is 1.66. The number of aromatic nitrogens is 1. The highest BCUT2D eigenvalue weighted by molar-refractivity contribution is 7.22. The lowest BCUT2D eigenvalue weighted by Gasteiger charge is -2.28. The molecule has 2 atom stereocenters. The van der Waals surface area contributed by atoms with E-state index in [2.05, 4.69) is 10.1 Å². The maximum atomic E-state index is 13.4. The van der Waals surface area contributed by atoms with Gasteiger partial charge in [-0.2, -0.15) is 18.3 Å². The first-order chi connectivity index (χ1) is 13.4. The van der Waals surface area contributed by atoms with Gasteiger partial charge < -0.3 is 4.74 Å². The minimum atomic E-state index is -4.98. The van der Waals surface area contributed by atoms with Crippen LogP contribution in [-0.4, -0.2) is 35.3 Å². The van der Waals surface area contributed by atoms with Gasteiger partial charge in [0, 0.05) is 5.56 Å². The summed E-state index contributed by atoms with van der Waals surface area (Å²) in [6.07, 6.45) is -4.98. The van der Waals surface area contributed by atoms with Crippen LogP contribution in [0, 0.1) is 5.92 Å². The number of Topliss-reactive ketones (excluding diaryl/α,β-unsaturated/α-hetero) is 1. The van der Waals surface area contributed by atoms with E-state index in [9.17, 15) is 18.0 Å². The van der Waals surface area contributed by atoms with Crippen molar-refractivity contribution in [2.24, 2.45) is 11.0 Å². The summed E-state index contributed by atoms with van der Waals surface area (Å²) in [4.78, 5) is 16.7. The minimum Gasteiger partial charge on any atom is -0.492 e. The van der Waals surface area contributed by atoms with E-state index in [1.165, 1.54) is 11.3 Å². The van der Waals surface area contributed by atoms with Gasteiger partial charge in [0.05, 0.1) is 28.5 Å². The van der Waals surface area contributed by atoms with Gasteiger partial charge in [-0.05, 0) is 24.3 Å². The fraction of sp³-hybridized carbons (Fsp3) is 0.211. The number of halogens is 3. The number of anilines is 1. The zero-order valence-corrected chi connectivity index (χ0v) is 15.0. The Morgan fingerprint density at radius 2 is 1.89 bits per heavy atom. The number of carbonyl (C=O) groups excluding carboxylic acids is 1. The van der Waals surface area contributed by atoms with Crippen molar-refractivity contribution in [2.75, 3.05) is 11.6 Å². The number of ether oxygens (including phenoxy) is 1. The Kier molecular flexibility index (Phi) is 3.70. The van der Waals surface area contributed by atoms with Crippen LogP contribution in [0.1, 0.15) is 5.56 Å². The number of ketones is 1. The van der Waals surface area contributed by atoms with E-state index in [1.54, 1.807) is 36.4 Å². The number of thiazole rings is 1. The Labute approximate surface area is 161 Å². The summed E-state index contributed by atoms with van der Waals surface area (Å²) >= 11 is 1.20. The van der Waals surface area contributed by atoms with Gasteiger partial charge in [-0.25, -0.2) is 9.99 Å². The van der Waals surface area contributed by atoms with Crippen molar-refractivity contribution in [1.29, 1.82) is 0 Å². The lowest BCUT2D eigenvalue weighted by Crippen LogP contribution is -2.49. The molecule has 5 nitrogen and oxygen atoms in total. The average Bonchev–Trinajstić information content (AvgIpc) is 3.27. The van der Waals surface area contributed by atoms with Crippen LogP contribution in [0.15, 0.2) is 53.6 Å². The molecule has 0 amide bonds. The molecule has 0 bridgehead atoms. The highest BCUT2D eigenvalue weighted by atomic mass is 32.1.